The molecule has 1 amide bonds. The highest BCUT2D eigenvalue weighted by Crippen LogP contribution is 2.28. The molecule has 0 spiro atoms. The molecule has 0 aromatic carbocycles. The van der Waals surface area contributed by atoms with Crippen molar-refractivity contribution in [2.24, 2.45) is 5.92 Å². The molecule has 10 heavy (non-hydrogen) atoms. The van der Waals surface area contributed by atoms with Crippen LogP contribution < -0.4 is 5.32 Å². The van der Waals surface area contributed by atoms with E-state index < -0.39 is 0 Å². The van der Waals surface area contributed by atoms with Crippen molar-refractivity contribution in [3.8, 4) is 0 Å². The Kier molecular flexibility index (Phi) is 1.95. The van der Waals surface area contributed by atoms with Gasteiger partial charge in [-0.25, -0.2) is 0 Å². The number of nitrogens with one attached hydrogen (secondary N) is 1. The van der Waals surface area contributed by atoms with Gasteiger partial charge in [-0.2, -0.15) is 12.6 Å². The molecule has 1 rings (SSSR count). The van der Waals surface area contributed by atoms with E-state index >= 15 is 0 Å². The minimum atomic E-state index is -0.0286. The van der Waals surface area contributed by atoms with E-state index in [2.05, 4.69) is 17.9 Å². The molecule has 0 aliphatic carbocycles. The topological polar surface area (TPSA) is 29.1 Å². The van der Waals surface area contributed by atoms with Gasteiger partial charge in [0, 0.05) is 17.7 Å². The molecule has 0 unspecified atom stereocenters. The Balaban J connectivity index is 2.53. The summed E-state index contributed by atoms with van der Waals surface area (Å²) < 4.78 is -0.0286. The Bertz CT molecular complexity index is 150. The standard InChI is InChI=1S/C7H13NOS/c1-7(2,10)5-3-6(9)8-4-5/h5,10H,3-4H2,1-2H3,(H,8,9)/t5-/m0/s1. The van der Waals surface area contributed by atoms with Crippen LogP contribution in [-0.2, 0) is 4.79 Å². The molecule has 58 valence electrons. The van der Waals surface area contributed by atoms with E-state index in [1.165, 1.54) is 0 Å². The van der Waals surface area contributed by atoms with Crippen LogP contribution in [-0.4, -0.2) is 17.2 Å². The molecule has 0 bridgehead atoms. The number of carbonyl (C=O) groups excluding carboxylic acids is 1. The summed E-state index contributed by atoms with van der Waals surface area (Å²) in [5.74, 6) is 0.551. The zero-order valence-electron chi connectivity index (χ0n) is 6.35. The maximum absolute atomic E-state index is 10.8. The molecule has 1 heterocycles. The Morgan fingerprint density at radius 1 is 1.70 bits per heavy atom. The molecular formula is C7H13NOS. The third-order valence-electron chi connectivity index (χ3n) is 1.98. The molecule has 3 heteroatoms. The van der Waals surface area contributed by atoms with Gasteiger partial charge < -0.3 is 5.32 Å². The van der Waals surface area contributed by atoms with Gasteiger partial charge >= 0.3 is 0 Å². The highest BCUT2D eigenvalue weighted by Gasteiger charge is 2.32. The van der Waals surface area contributed by atoms with Gasteiger partial charge in [0.1, 0.15) is 0 Å². The van der Waals surface area contributed by atoms with E-state index in [0.717, 1.165) is 6.54 Å². The summed E-state index contributed by atoms with van der Waals surface area (Å²) in [5, 5.41) is 2.79. The van der Waals surface area contributed by atoms with Crippen LogP contribution in [0.15, 0.2) is 0 Å². The van der Waals surface area contributed by atoms with Crippen molar-refractivity contribution >= 4 is 18.5 Å². The normalized spacial score (nSPS) is 26.7. The summed E-state index contributed by atoms with van der Waals surface area (Å²) in [6.45, 7) is 4.87. The van der Waals surface area contributed by atoms with Gasteiger partial charge in [-0.15, -0.1) is 0 Å². The van der Waals surface area contributed by atoms with Crippen molar-refractivity contribution in [3.63, 3.8) is 0 Å². The molecule has 1 aliphatic rings. The van der Waals surface area contributed by atoms with Gasteiger partial charge in [-0.1, -0.05) is 13.8 Å². The second-order valence-electron chi connectivity index (χ2n) is 3.36. The van der Waals surface area contributed by atoms with E-state index in [1.807, 2.05) is 13.8 Å². The third kappa shape index (κ3) is 1.66. The fourth-order valence-electron chi connectivity index (χ4n) is 1.10. The number of rotatable bonds is 1. The van der Waals surface area contributed by atoms with Crippen LogP contribution in [0, 0.1) is 5.92 Å². The summed E-state index contributed by atoms with van der Waals surface area (Å²) in [6, 6.07) is 0. The lowest BCUT2D eigenvalue weighted by Crippen LogP contribution is -2.26. The van der Waals surface area contributed by atoms with E-state index in [0.29, 0.717) is 12.3 Å². The van der Waals surface area contributed by atoms with Crippen LogP contribution in [0.5, 0.6) is 0 Å². The van der Waals surface area contributed by atoms with E-state index in [9.17, 15) is 4.79 Å². The largest absolute Gasteiger partial charge is 0.356 e. The van der Waals surface area contributed by atoms with Crippen LogP contribution in [0.25, 0.3) is 0 Å². The Morgan fingerprint density at radius 2 is 2.30 bits per heavy atom. The minimum Gasteiger partial charge on any atom is -0.356 e. The van der Waals surface area contributed by atoms with Crippen LogP contribution >= 0.6 is 12.6 Å². The number of hydrogen-bond donors (Lipinski definition) is 2. The Labute approximate surface area is 66.8 Å². The maximum Gasteiger partial charge on any atom is 0.220 e. The first-order chi connectivity index (χ1) is 4.50. The van der Waals surface area contributed by atoms with Crippen LogP contribution in [0.1, 0.15) is 20.3 Å². The highest BCUT2D eigenvalue weighted by molar-refractivity contribution is 7.81. The molecule has 1 N–H and O–H groups in total. The van der Waals surface area contributed by atoms with Crippen molar-refractivity contribution in [2.45, 2.75) is 25.0 Å². The molecule has 0 radical (unpaired) electrons. The Hall–Kier alpha value is -0.180. The second kappa shape index (κ2) is 2.46. The molecule has 0 aromatic heterocycles. The first-order valence-corrected chi connectivity index (χ1v) is 3.94. The number of thiol groups is 1. The zero-order valence-corrected chi connectivity index (χ0v) is 7.24. The summed E-state index contributed by atoms with van der Waals surface area (Å²) in [4.78, 5) is 10.8. The van der Waals surface area contributed by atoms with Gasteiger partial charge in [0.25, 0.3) is 0 Å². The fourth-order valence-corrected chi connectivity index (χ4v) is 1.29. The Morgan fingerprint density at radius 3 is 2.50 bits per heavy atom. The third-order valence-corrected chi connectivity index (χ3v) is 2.34. The molecule has 0 saturated carbocycles. The summed E-state index contributed by atoms with van der Waals surface area (Å²) >= 11 is 4.40. The molecule has 1 fully saturated rings. The average Bonchev–Trinajstić information content (AvgIpc) is 2.11. The molecule has 0 aromatic rings. The molecule has 1 saturated heterocycles. The molecule has 1 atom stereocenters. The zero-order chi connectivity index (χ0) is 7.78. The van der Waals surface area contributed by atoms with E-state index in [1.54, 1.807) is 0 Å². The SMILES string of the molecule is CC(C)(S)[C@@H]1CNC(=O)C1. The van der Waals surface area contributed by atoms with Crippen LogP contribution in [0.3, 0.4) is 0 Å². The number of carbonyl (C=O) groups is 1. The van der Waals surface area contributed by atoms with E-state index in [-0.39, 0.29) is 10.7 Å². The highest BCUT2D eigenvalue weighted by atomic mass is 32.1. The first kappa shape index (κ1) is 7.92. The minimum absolute atomic E-state index is 0.0286. The quantitative estimate of drug-likeness (QED) is 0.545. The van der Waals surface area contributed by atoms with Gasteiger partial charge in [0.05, 0.1) is 0 Å². The maximum atomic E-state index is 10.8. The monoisotopic (exact) mass is 159 g/mol. The van der Waals surface area contributed by atoms with Gasteiger partial charge in [0.2, 0.25) is 5.91 Å². The van der Waals surface area contributed by atoms with Crippen molar-refractivity contribution in [3.05, 3.63) is 0 Å². The van der Waals surface area contributed by atoms with Gasteiger partial charge in [-0.3, -0.25) is 4.79 Å². The van der Waals surface area contributed by atoms with Crippen molar-refractivity contribution in [1.29, 1.82) is 0 Å². The summed E-state index contributed by atoms with van der Waals surface area (Å²) in [6.07, 6.45) is 0.635. The lowest BCUT2D eigenvalue weighted by atomic mass is 9.94. The van der Waals surface area contributed by atoms with Gasteiger partial charge in [-0.05, 0) is 5.92 Å². The van der Waals surface area contributed by atoms with Crippen molar-refractivity contribution in [2.75, 3.05) is 6.54 Å². The summed E-state index contributed by atoms with van der Waals surface area (Å²) in [5.41, 5.74) is 0. The van der Waals surface area contributed by atoms with Crippen molar-refractivity contribution < 1.29 is 4.79 Å². The molecule has 1 aliphatic heterocycles. The second-order valence-corrected chi connectivity index (χ2v) is 4.51. The fraction of sp³-hybridized carbons (Fsp3) is 0.857. The molecule has 2 nitrogen and oxygen atoms in total. The number of amides is 1. The van der Waals surface area contributed by atoms with Crippen LogP contribution in [0.2, 0.25) is 0 Å². The predicted octanol–water partition coefficient (Wildman–Crippen LogP) is 0.831. The number of hydrogen-bond acceptors (Lipinski definition) is 2. The lowest BCUT2D eigenvalue weighted by Gasteiger charge is -2.23. The predicted molar refractivity (Wildman–Crippen MR) is 44.2 cm³/mol. The van der Waals surface area contributed by atoms with Crippen LogP contribution in [0.4, 0.5) is 0 Å². The molecular weight excluding hydrogens is 146 g/mol. The summed E-state index contributed by atoms with van der Waals surface area (Å²) in [7, 11) is 0. The first-order valence-electron chi connectivity index (χ1n) is 3.49. The van der Waals surface area contributed by atoms with E-state index in [4.69, 9.17) is 0 Å². The lowest BCUT2D eigenvalue weighted by molar-refractivity contribution is -0.119. The van der Waals surface area contributed by atoms with Crippen molar-refractivity contribution in [1.82, 2.24) is 5.32 Å². The average molecular weight is 159 g/mol. The van der Waals surface area contributed by atoms with Gasteiger partial charge in [0.15, 0.2) is 0 Å². The smallest absolute Gasteiger partial charge is 0.220 e.